The number of hydrogen-bond donors (Lipinski definition) is 0. The molecule has 0 amide bonds. The number of anilines is 4. The van der Waals surface area contributed by atoms with E-state index in [4.69, 9.17) is 4.42 Å². The van der Waals surface area contributed by atoms with Gasteiger partial charge >= 0.3 is 77.9 Å². The van der Waals surface area contributed by atoms with E-state index in [1.54, 1.807) is 18.2 Å². The van der Waals surface area contributed by atoms with Crippen LogP contribution in [0, 0.1) is 50.9 Å². The Labute approximate surface area is 682 Å². The van der Waals surface area contributed by atoms with Gasteiger partial charge in [0.25, 0.3) is 0 Å². The molecule has 20 rings (SSSR count). The summed E-state index contributed by atoms with van der Waals surface area (Å²) in [6, 6.07) is 102. The molecular formula is C88H64N8O4Rh4S3. The van der Waals surface area contributed by atoms with Gasteiger partial charge in [-0.3, -0.25) is 0 Å². The molecule has 0 saturated heterocycles. The van der Waals surface area contributed by atoms with E-state index in [0.717, 1.165) is 111 Å². The van der Waals surface area contributed by atoms with Crippen molar-refractivity contribution in [2.75, 3.05) is 47.8 Å². The van der Waals surface area contributed by atoms with Gasteiger partial charge in [0.05, 0.1) is 30.4 Å². The van der Waals surface area contributed by atoms with Crippen molar-refractivity contribution >= 4 is 120 Å². The van der Waals surface area contributed by atoms with Crippen molar-refractivity contribution in [3.63, 3.8) is 0 Å². The third-order valence-electron chi connectivity index (χ3n) is 18.9. The van der Waals surface area contributed by atoms with E-state index in [2.05, 4.69) is 191 Å². The van der Waals surface area contributed by atoms with Crippen LogP contribution in [-0.4, -0.2) is 60.4 Å². The molecule has 1 unspecified atom stereocenters. The van der Waals surface area contributed by atoms with Gasteiger partial charge in [-0.1, -0.05) is 91.0 Å². The van der Waals surface area contributed by atoms with Crippen molar-refractivity contribution in [2.24, 2.45) is 0 Å². The SMILES string of the molecule is CN1[CH-]N(c2[c-]cccc2)C=C1c1ccc2c(c1)-c1ccccc1S2(=O)=O.CN1[CH-]N(c2[c-]cccc2)C=C1c1ccc2c(c1)-c1ccccc1S2=O.CN1[CH-]N(c2[c-]cccc2)C=C1c1ccc2oc3ccccc3c2c1.CN1[CH-]N(c2[c-]cccc2)C=C1c1ccc2sc3ccccc3c2c1.[Rh+2].[Rh+2].[Rh+2].[Rh+2]. The second kappa shape index (κ2) is 32.2. The van der Waals surface area contributed by atoms with Gasteiger partial charge in [-0.05, 0) is 160 Å². The Morgan fingerprint density at radius 3 is 1.26 bits per heavy atom. The predicted molar refractivity (Wildman–Crippen MR) is 418 cm³/mol. The minimum absolute atomic E-state index is 0. The van der Waals surface area contributed by atoms with Crippen LogP contribution < -0.4 is 19.6 Å². The van der Waals surface area contributed by atoms with Gasteiger partial charge in [0.1, 0.15) is 11.2 Å². The fraction of sp³-hybridized carbons (Fsp3) is 0.0455. The standard InChI is InChI=1S/C22H16N2O2S.C22H16N2OS.C22H16N2O.C22H16N2S.4Rh/c1-23-15-24(17-7-3-2-4-8-17)14-20(23)16-11-12-22-19(13-16)18-9-5-6-10-21(18)27(22,25)26;1-23-15-24(17-7-3-2-4-8-17)14-20(23)16-11-12-22-19(13-16)18-9-5-6-10-21(18)26(22)25;2*1-23-15-24(17-7-3-2-4-8-17)14-20(23)16-11-12-22-19(13-16)18-9-5-6-10-21(18)25-22;;;;/h2-7,9-15H,1H3;2-7,9-15H,1H3;2*2-7,9-15H,1H3;;;;/q4*-2;4*+2. The van der Waals surface area contributed by atoms with Gasteiger partial charge in [-0.2, -0.15) is 148 Å². The van der Waals surface area contributed by atoms with Crippen LogP contribution in [0.15, 0.2) is 316 Å². The number of nitrogens with zero attached hydrogens (tertiary/aromatic N) is 8. The maximum atomic E-state index is 12.8. The maximum absolute atomic E-state index is 12.8. The summed E-state index contributed by atoms with van der Waals surface area (Å²) >= 11 is 1.85. The molecule has 4 radical (unpaired) electrons. The smallest absolute Gasteiger partial charge is 0.504 e. The van der Waals surface area contributed by atoms with Gasteiger partial charge in [0, 0.05) is 70.4 Å². The largest absolute Gasteiger partial charge is 2.00 e. The van der Waals surface area contributed by atoms with E-state index in [1.807, 2.05) is 212 Å². The topological polar surface area (TPSA) is 90.3 Å². The van der Waals surface area contributed by atoms with Gasteiger partial charge in [0.2, 0.25) is 9.84 Å². The Morgan fingerprint density at radius 1 is 0.346 bits per heavy atom. The van der Waals surface area contributed by atoms with Crippen LogP contribution in [0.4, 0.5) is 22.7 Å². The van der Waals surface area contributed by atoms with Crippen molar-refractivity contribution in [1.29, 1.82) is 0 Å². The Bertz CT molecular complexity index is 5720. The first-order chi connectivity index (χ1) is 50.4. The van der Waals surface area contributed by atoms with Gasteiger partial charge in [-0.15, -0.1) is 34.1 Å². The number of rotatable bonds is 8. The van der Waals surface area contributed by atoms with Crippen LogP contribution in [-0.2, 0) is 98.5 Å². The summed E-state index contributed by atoms with van der Waals surface area (Å²) in [5.74, 6) is 0. The number of hydrogen-bond acceptors (Lipinski definition) is 13. The maximum Gasteiger partial charge on any atom is 2.00 e. The molecule has 12 nitrogen and oxygen atoms in total. The monoisotopic (exact) mass is 1800 g/mol. The average molecular weight is 1810 g/mol. The first-order valence-electron chi connectivity index (χ1n) is 33.5. The van der Waals surface area contributed by atoms with Crippen molar-refractivity contribution in [2.45, 2.75) is 19.6 Å². The molecule has 6 aliphatic rings. The zero-order chi connectivity index (χ0) is 69.9. The number of fused-ring (bicyclic) bond motifs is 12. The number of thiophene rings is 1. The second-order valence-corrected chi connectivity index (χ2v) is 29.8. The summed E-state index contributed by atoms with van der Waals surface area (Å²) in [7, 11) is 3.65. The third kappa shape index (κ3) is 14.7. The molecule has 8 heterocycles. The fourth-order valence-corrected chi connectivity index (χ4v) is 17.9. The van der Waals surface area contributed by atoms with Crippen molar-refractivity contribution in [3.8, 4) is 22.3 Å². The van der Waals surface area contributed by atoms with Crippen LogP contribution >= 0.6 is 11.3 Å². The molecule has 1 atom stereocenters. The van der Waals surface area contributed by atoms with Gasteiger partial charge < -0.3 is 43.6 Å². The van der Waals surface area contributed by atoms with E-state index in [0.29, 0.717) is 9.79 Å². The minimum Gasteiger partial charge on any atom is -0.504 e. The molecule has 0 aliphatic carbocycles. The molecular weight excluding hydrogens is 1740 g/mol. The summed E-state index contributed by atoms with van der Waals surface area (Å²) in [4.78, 5) is 19.3. The third-order valence-corrected chi connectivity index (χ3v) is 23.4. The summed E-state index contributed by atoms with van der Waals surface area (Å²) in [6.07, 6.45) is 8.44. The molecule has 14 aromatic rings. The van der Waals surface area contributed by atoms with Crippen molar-refractivity contribution in [1.82, 2.24) is 19.6 Å². The van der Waals surface area contributed by atoms with Gasteiger partial charge in [0.15, 0.2) is 0 Å². The van der Waals surface area contributed by atoms with Crippen molar-refractivity contribution < 1.29 is 95.0 Å². The van der Waals surface area contributed by atoms with E-state index in [-0.39, 0.29) is 77.9 Å². The molecule has 6 aliphatic heterocycles. The number of benzene rings is 12. The first-order valence-corrected chi connectivity index (χ1v) is 37.0. The Morgan fingerprint density at radius 2 is 0.729 bits per heavy atom. The molecule has 2 aromatic heterocycles. The minimum atomic E-state index is -3.43. The molecule has 0 saturated carbocycles. The number of furan rings is 1. The van der Waals surface area contributed by atoms with Crippen LogP contribution in [0.2, 0.25) is 0 Å². The molecule has 0 fully saturated rings. The zero-order valence-corrected chi connectivity index (χ0v) is 66.8. The van der Waals surface area contributed by atoms with E-state index in [9.17, 15) is 12.6 Å². The zero-order valence-electron chi connectivity index (χ0n) is 57.8. The molecule has 19 heteroatoms. The Hall–Kier alpha value is -9.39. The Kier molecular flexibility index (Phi) is 22.8. The van der Waals surface area contributed by atoms with Crippen LogP contribution in [0.25, 0.3) is 87.2 Å². The number of sulfone groups is 1. The average Bonchev–Trinajstić information content (AvgIpc) is 1.58. The van der Waals surface area contributed by atoms with E-state index >= 15 is 0 Å². The second-order valence-electron chi connectivity index (χ2n) is 25.4. The Balaban J connectivity index is 0.000000125. The molecule has 12 aromatic carbocycles. The van der Waals surface area contributed by atoms with Crippen molar-refractivity contribution in [3.05, 3.63) is 365 Å². The van der Waals surface area contributed by atoms with Crippen LogP contribution in [0.1, 0.15) is 22.3 Å². The van der Waals surface area contributed by atoms with E-state index in [1.165, 1.54) is 31.4 Å². The molecule has 0 spiro atoms. The summed E-state index contributed by atoms with van der Waals surface area (Å²) < 4.78 is 46.8. The molecule has 0 N–H and O–H groups in total. The summed E-state index contributed by atoms with van der Waals surface area (Å²) in [5.41, 5.74) is 18.4. The normalized spacial score (nSPS) is 15.4. The molecule has 0 bridgehead atoms. The summed E-state index contributed by atoms with van der Waals surface area (Å²) in [5, 5.41) is 4.96. The fourth-order valence-electron chi connectivity index (χ4n) is 13.8. The number of para-hydroxylation sites is 5. The van der Waals surface area contributed by atoms with E-state index < -0.39 is 20.6 Å². The predicted octanol–water partition coefficient (Wildman–Crippen LogP) is 19.6. The quantitative estimate of drug-likeness (QED) is 0.107. The summed E-state index contributed by atoms with van der Waals surface area (Å²) in [6.45, 7) is 8.19. The first kappa shape index (κ1) is 75.8. The van der Waals surface area contributed by atoms with Crippen LogP contribution in [0.3, 0.4) is 0 Å². The van der Waals surface area contributed by atoms with Gasteiger partial charge in [-0.25, -0.2) is 12.6 Å². The molecule has 534 valence electrons. The van der Waals surface area contributed by atoms with Crippen LogP contribution in [0.5, 0.6) is 0 Å². The molecule has 107 heavy (non-hydrogen) atoms.